The third-order valence-electron chi connectivity index (χ3n) is 3.75. The number of rotatable bonds is 5. The summed E-state index contributed by atoms with van der Waals surface area (Å²) in [5, 5.41) is 13.0. The van der Waals surface area contributed by atoms with Gasteiger partial charge < -0.3 is 16.2 Å². The highest BCUT2D eigenvalue weighted by Gasteiger charge is 2.17. The zero-order chi connectivity index (χ0) is 18.0. The van der Waals surface area contributed by atoms with Crippen LogP contribution >= 0.6 is 11.6 Å². The van der Waals surface area contributed by atoms with E-state index in [2.05, 4.69) is 20.3 Å². The molecule has 3 rings (SSSR count). The number of aromatic nitrogens is 3. The van der Waals surface area contributed by atoms with Gasteiger partial charge in [-0.05, 0) is 17.7 Å². The van der Waals surface area contributed by atoms with Crippen LogP contribution < -0.4 is 11.1 Å². The van der Waals surface area contributed by atoms with Crippen LogP contribution in [0.5, 0.6) is 0 Å². The second-order valence-electron chi connectivity index (χ2n) is 5.49. The van der Waals surface area contributed by atoms with E-state index in [-0.39, 0.29) is 12.2 Å². The quantitative estimate of drug-likeness (QED) is 0.601. The number of aliphatic carboxylic acids is 1. The number of pyridine rings is 1. The standard InChI is InChI=1S/C17H16ClN5O2/c1-20-12-6-11-15(17(19)16(12)18)10(5-9-3-2-4-21-8-9)22-13(23-11)7-14(24)25/h2-4,6,8,20H,5,7,19H2,1H3,(H,24,25). The number of halogens is 1. The number of hydrogen-bond donors (Lipinski definition) is 3. The minimum atomic E-state index is -0.998. The number of carboxylic acid groups (broad SMARTS) is 1. The SMILES string of the molecule is CNc1cc2nc(CC(=O)O)nc(Cc3cccnc3)c2c(N)c1Cl. The van der Waals surface area contributed by atoms with E-state index in [9.17, 15) is 4.79 Å². The average molecular weight is 358 g/mol. The lowest BCUT2D eigenvalue weighted by atomic mass is 10.0. The first kappa shape index (κ1) is 16.9. The number of hydrogen-bond acceptors (Lipinski definition) is 6. The van der Waals surface area contributed by atoms with Crippen LogP contribution in [-0.4, -0.2) is 33.1 Å². The minimum absolute atomic E-state index is 0.225. The van der Waals surface area contributed by atoms with Gasteiger partial charge in [-0.3, -0.25) is 9.78 Å². The fourth-order valence-electron chi connectivity index (χ4n) is 2.65. The van der Waals surface area contributed by atoms with Gasteiger partial charge in [0.05, 0.1) is 27.6 Å². The monoisotopic (exact) mass is 357 g/mol. The Morgan fingerprint density at radius 3 is 2.84 bits per heavy atom. The van der Waals surface area contributed by atoms with E-state index < -0.39 is 5.97 Å². The molecule has 3 aromatic rings. The molecule has 2 aromatic heterocycles. The first-order valence-corrected chi connectivity index (χ1v) is 7.93. The predicted molar refractivity (Wildman–Crippen MR) is 96.9 cm³/mol. The Hall–Kier alpha value is -2.93. The van der Waals surface area contributed by atoms with Crippen molar-refractivity contribution in [2.45, 2.75) is 12.8 Å². The number of fused-ring (bicyclic) bond motifs is 1. The molecule has 4 N–H and O–H groups in total. The third-order valence-corrected chi connectivity index (χ3v) is 4.16. The number of nitrogens with two attached hydrogens (primary N) is 1. The Bertz CT molecular complexity index is 947. The number of benzene rings is 1. The Kier molecular flexibility index (Phi) is 4.67. The average Bonchev–Trinajstić information content (AvgIpc) is 2.58. The molecule has 0 amide bonds. The maximum atomic E-state index is 11.1. The molecule has 1 aromatic carbocycles. The van der Waals surface area contributed by atoms with Gasteiger partial charge in [-0.2, -0.15) is 0 Å². The molecule has 0 saturated carbocycles. The number of nitrogen functional groups attached to an aromatic ring is 1. The maximum absolute atomic E-state index is 11.1. The van der Waals surface area contributed by atoms with E-state index in [4.69, 9.17) is 22.4 Å². The molecule has 0 unspecified atom stereocenters. The fourth-order valence-corrected chi connectivity index (χ4v) is 2.90. The predicted octanol–water partition coefficient (Wildman–Crippen LogP) is 2.52. The fraction of sp³-hybridized carbons (Fsp3) is 0.176. The molecule has 0 atom stereocenters. The van der Waals surface area contributed by atoms with Crippen LogP contribution in [-0.2, 0) is 17.6 Å². The van der Waals surface area contributed by atoms with Crippen molar-refractivity contribution < 1.29 is 9.90 Å². The van der Waals surface area contributed by atoms with Crippen LogP contribution in [0.3, 0.4) is 0 Å². The Morgan fingerprint density at radius 1 is 1.40 bits per heavy atom. The summed E-state index contributed by atoms with van der Waals surface area (Å²) in [6, 6.07) is 5.48. The molecule has 128 valence electrons. The highest BCUT2D eigenvalue weighted by atomic mass is 35.5. The summed E-state index contributed by atoms with van der Waals surface area (Å²) in [5.74, 6) is -0.773. The molecule has 0 aliphatic rings. The third kappa shape index (κ3) is 3.46. The molecule has 0 radical (unpaired) electrons. The second kappa shape index (κ2) is 6.90. The first-order valence-electron chi connectivity index (χ1n) is 7.55. The van der Waals surface area contributed by atoms with Gasteiger partial charge in [0.2, 0.25) is 0 Å². The zero-order valence-corrected chi connectivity index (χ0v) is 14.2. The van der Waals surface area contributed by atoms with E-state index in [1.165, 1.54) is 0 Å². The van der Waals surface area contributed by atoms with Gasteiger partial charge >= 0.3 is 5.97 Å². The summed E-state index contributed by atoms with van der Waals surface area (Å²) in [4.78, 5) is 23.9. The highest BCUT2D eigenvalue weighted by Crippen LogP contribution is 2.36. The van der Waals surface area contributed by atoms with Crippen LogP contribution in [0.25, 0.3) is 10.9 Å². The molecule has 0 bridgehead atoms. The van der Waals surface area contributed by atoms with Crippen molar-refractivity contribution in [1.29, 1.82) is 0 Å². The van der Waals surface area contributed by atoms with Gasteiger partial charge in [0.1, 0.15) is 12.2 Å². The normalized spacial score (nSPS) is 10.8. The number of carbonyl (C=O) groups is 1. The van der Waals surface area contributed by atoms with E-state index in [0.29, 0.717) is 39.4 Å². The number of nitrogens with one attached hydrogen (secondary N) is 1. The van der Waals surface area contributed by atoms with Crippen LogP contribution in [0, 0.1) is 0 Å². The van der Waals surface area contributed by atoms with Gasteiger partial charge in [-0.25, -0.2) is 9.97 Å². The largest absolute Gasteiger partial charge is 0.481 e. The smallest absolute Gasteiger partial charge is 0.311 e. The molecule has 0 spiro atoms. The number of carboxylic acids is 1. The van der Waals surface area contributed by atoms with Gasteiger partial charge in [0, 0.05) is 31.2 Å². The number of anilines is 2. The van der Waals surface area contributed by atoms with Crippen molar-refractivity contribution in [2.24, 2.45) is 0 Å². The summed E-state index contributed by atoms with van der Waals surface area (Å²) in [5.41, 5.74) is 9.31. The molecule has 0 aliphatic carbocycles. The van der Waals surface area contributed by atoms with Gasteiger partial charge in [-0.15, -0.1) is 0 Å². The van der Waals surface area contributed by atoms with Crippen LogP contribution in [0.15, 0.2) is 30.6 Å². The summed E-state index contributed by atoms with van der Waals surface area (Å²) < 4.78 is 0. The maximum Gasteiger partial charge on any atom is 0.311 e. The van der Waals surface area contributed by atoms with Crippen molar-refractivity contribution >= 4 is 39.8 Å². The van der Waals surface area contributed by atoms with Gasteiger partial charge in [0.15, 0.2) is 0 Å². The van der Waals surface area contributed by atoms with Crippen molar-refractivity contribution in [3.05, 3.63) is 52.7 Å². The van der Waals surface area contributed by atoms with E-state index in [1.54, 1.807) is 25.5 Å². The summed E-state index contributed by atoms with van der Waals surface area (Å²) in [6.45, 7) is 0. The Labute approximate surface area is 148 Å². The lowest BCUT2D eigenvalue weighted by Gasteiger charge is -2.14. The van der Waals surface area contributed by atoms with Crippen molar-refractivity contribution in [1.82, 2.24) is 15.0 Å². The number of nitrogens with zero attached hydrogens (tertiary/aromatic N) is 3. The minimum Gasteiger partial charge on any atom is -0.481 e. The van der Waals surface area contributed by atoms with Crippen LogP contribution in [0.1, 0.15) is 17.1 Å². The molecule has 2 heterocycles. The molecular formula is C17H16ClN5O2. The Balaban J connectivity index is 2.23. The van der Waals surface area contributed by atoms with Crippen LogP contribution in [0.2, 0.25) is 5.02 Å². The van der Waals surface area contributed by atoms with E-state index in [1.807, 2.05) is 12.1 Å². The summed E-state index contributed by atoms with van der Waals surface area (Å²) >= 11 is 6.32. The lowest BCUT2D eigenvalue weighted by molar-refractivity contribution is -0.136. The molecule has 25 heavy (non-hydrogen) atoms. The van der Waals surface area contributed by atoms with Crippen LogP contribution in [0.4, 0.5) is 11.4 Å². The van der Waals surface area contributed by atoms with Crippen molar-refractivity contribution in [3.8, 4) is 0 Å². The Morgan fingerprint density at radius 2 is 2.20 bits per heavy atom. The van der Waals surface area contributed by atoms with Crippen molar-refractivity contribution in [3.63, 3.8) is 0 Å². The molecule has 0 saturated heterocycles. The lowest BCUT2D eigenvalue weighted by Crippen LogP contribution is -2.09. The molecule has 0 fully saturated rings. The molecule has 0 aliphatic heterocycles. The van der Waals surface area contributed by atoms with E-state index >= 15 is 0 Å². The van der Waals surface area contributed by atoms with Crippen molar-refractivity contribution in [2.75, 3.05) is 18.1 Å². The van der Waals surface area contributed by atoms with Gasteiger partial charge in [-0.1, -0.05) is 17.7 Å². The van der Waals surface area contributed by atoms with E-state index in [0.717, 1.165) is 5.56 Å². The zero-order valence-electron chi connectivity index (χ0n) is 13.5. The van der Waals surface area contributed by atoms with Gasteiger partial charge in [0.25, 0.3) is 0 Å². The topological polar surface area (TPSA) is 114 Å². The second-order valence-corrected chi connectivity index (χ2v) is 5.87. The molecule has 7 nitrogen and oxygen atoms in total. The highest BCUT2D eigenvalue weighted by molar-refractivity contribution is 6.37. The first-order chi connectivity index (χ1) is 12.0. The summed E-state index contributed by atoms with van der Waals surface area (Å²) in [6.07, 6.45) is 3.58. The molecular weight excluding hydrogens is 342 g/mol. The molecule has 8 heteroatoms. The summed E-state index contributed by atoms with van der Waals surface area (Å²) in [7, 11) is 1.72.